The summed E-state index contributed by atoms with van der Waals surface area (Å²) in [5.74, 6) is 0.437. The molecule has 0 amide bonds. The van der Waals surface area contributed by atoms with Crippen molar-refractivity contribution in [3.63, 3.8) is 0 Å². The number of hydrogen-bond donors (Lipinski definition) is 3. The number of aldehydes is 2. The first-order valence-electron chi connectivity index (χ1n) is 10.4. The number of rotatable bonds is 2. The van der Waals surface area contributed by atoms with Crippen LogP contribution in [0.2, 0.25) is 0 Å². The Morgan fingerprint density at radius 2 is 1.83 bits per heavy atom. The van der Waals surface area contributed by atoms with Crippen molar-refractivity contribution in [1.82, 2.24) is 0 Å². The summed E-state index contributed by atoms with van der Waals surface area (Å²) >= 11 is 0. The van der Waals surface area contributed by atoms with Gasteiger partial charge < -0.3 is 20.1 Å². The number of phenolic OH excluding ortho intramolecular Hbond substituents is 1. The summed E-state index contributed by atoms with van der Waals surface area (Å²) in [5, 5.41) is 32.0. The summed E-state index contributed by atoms with van der Waals surface area (Å²) in [6.07, 6.45) is 2.01. The van der Waals surface area contributed by atoms with Crippen LogP contribution in [0.25, 0.3) is 0 Å². The Balaban J connectivity index is 1.90. The van der Waals surface area contributed by atoms with Gasteiger partial charge in [0, 0.05) is 23.0 Å². The van der Waals surface area contributed by atoms with E-state index in [1.54, 1.807) is 0 Å². The van der Waals surface area contributed by atoms with Crippen molar-refractivity contribution in [2.24, 2.45) is 22.7 Å². The lowest BCUT2D eigenvalue weighted by molar-refractivity contribution is -0.240. The lowest BCUT2D eigenvalue weighted by Gasteiger charge is -2.64. The van der Waals surface area contributed by atoms with Gasteiger partial charge in [-0.25, -0.2) is 0 Å². The Labute approximate surface area is 170 Å². The summed E-state index contributed by atoms with van der Waals surface area (Å²) in [5.41, 5.74) is -0.921. The van der Waals surface area contributed by atoms with Gasteiger partial charge >= 0.3 is 0 Å². The number of hydrogen-bond acceptors (Lipinski definition) is 6. The molecule has 158 valence electrons. The Bertz CT molecular complexity index is 877. The first-order valence-corrected chi connectivity index (χ1v) is 10.4. The largest absolute Gasteiger partial charge is 0.508 e. The Morgan fingerprint density at radius 3 is 2.45 bits per heavy atom. The molecule has 6 unspecified atom stereocenters. The fourth-order valence-electron chi connectivity index (χ4n) is 6.89. The lowest BCUT2D eigenvalue weighted by Crippen LogP contribution is -2.69. The molecule has 2 saturated carbocycles. The third kappa shape index (κ3) is 2.42. The summed E-state index contributed by atoms with van der Waals surface area (Å²) in [7, 11) is 0. The quantitative estimate of drug-likeness (QED) is 0.657. The average Bonchev–Trinajstić information content (AvgIpc) is 3.07. The van der Waals surface area contributed by atoms with Crippen LogP contribution in [0.1, 0.15) is 73.2 Å². The molecule has 3 N–H and O–H groups in total. The molecule has 29 heavy (non-hydrogen) atoms. The zero-order valence-corrected chi connectivity index (χ0v) is 17.4. The molecule has 1 spiro atoms. The summed E-state index contributed by atoms with van der Waals surface area (Å²) in [6.45, 7) is 8.20. The van der Waals surface area contributed by atoms with Gasteiger partial charge in [0.15, 0.2) is 12.6 Å². The number of ether oxygens (including phenoxy) is 1. The Kier molecular flexibility index (Phi) is 4.41. The van der Waals surface area contributed by atoms with Crippen molar-refractivity contribution in [3.05, 3.63) is 22.8 Å². The van der Waals surface area contributed by atoms with Gasteiger partial charge in [0.1, 0.15) is 17.1 Å². The summed E-state index contributed by atoms with van der Waals surface area (Å²) in [4.78, 5) is 23.2. The van der Waals surface area contributed by atoms with Crippen molar-refractivity contribution in [1.29, 1.82) is 0 Å². The zero-order valence-electron chi connectivity index (χ0n) is 17.4. The fraction of sp³-hybridized carbons (Fsp3) is 0.652. The second-order valence-corrected chi connectivity index (χ2v) is 10.1. The standard InChI is InChI=1S/C23H30O6/c1-12-5-6-18-21(2,3)20(28)17(27)9-22(18,4)23(12)8-14-16(26)7-13(10-24)15(11-25)19(14)29-23/h7,10-12,17-18,20,26-28H,5-6,8-9H2,1-4H3. The van der Waals surface area contributed by atoms with Gasteiger partial charge in [-0.3, -0.25) is 9.59 Å². The van der Waals surface area contributed by atoms with E-state index in [2.05, 4.69) is 13.8 Å². The van der Waals surface area contributed by atoms with Gasteiger partial charge in [0.25, 0.3) is 0 Å². The van der Waals surface area contributed by atoms with Crippen LogP contribution in [0.5, 0.6) is 11.5 Å². The highest BCUT2D eigenvalue weighted by Crippen LogP contribution is 2.66. The lowest BCUT2D eigenvalue weighted by atomic mass is 9.43. The molecule has 6 heteroatoms. The molecule has 6 atom stereocenters. The van der Waals surface area contributed by atoms with Gasteiger partial charge in [-0.1, -0.05) is 27.7 Å². The van der Waals surface area contributed by atoms with Crippen molar-refractivity contribution >= 4 is 12.6 Å². The number of phenols is 1. The van der Waals surface area contributed by atoms with E-state index in [0.29, 0.717) is 31.0 Å². The van der Waals surface area contributed by atoms with E-state index in [4.69, 9.17) is 4.74 Å². The van der Waals surface area contributed by atoms with Crippen LogP contribution in [-0.2, 0) is 6.42 Å². The second-order valence-electron chi connectivity index (χ2n) is 10.1. The number of carbonyl (C=O) groups is 2. The number of fused-ring (bicyclic) bond motifs is 3. The molecule has 0 radical (unpaired) electrons. The van der Waals surface area contributed by atoms with Crippen LogP contribution >= 0.6 is 0 Å². The number of carbonyl (C=O) groups excluding carboxylic acids is 2. The summed E-state index contributed by atoms with van der Waals surface area (Å²) < 4.78 is 6.60. The van der Waals surface area contributed by atoms with Crippen molar-refractivity contribution in [2.75, 3.05) is 0 Å². The van der Waals surface area contributed by atoms with Crippen LogP contribution in [0.4, 0.5) is 0 Å². The first-order chi connectivity index (χ1) is 13.5. The number of benzene rings is 1. The van der Waals surface area contributed by atoms with Crippen molar-refractivity contribution < 1.29 is 29.6 Å². The number of aliphatic hydroxyl groups is 2. The van der Waals surface area contributed by atoms with Crippen molar-refractivity contribution in [2.45, 2.75) is 71.2 Å². The smallest absolute Gasteiger partial charge is 0.154 e. The molecular weight excluding hydrogens is 372 g/mol. The monoisotopic (exact) mass is 402 g/mol. The molecule has 6 nitrogen and oxygen atoms in total. The van der Waals surface area contributed by atoms with Crippen LogP contribution in [0.15, 0.2) is 6.07 Å². The SMILES string of the molecule is CC1CCC2C(C)(C)C(O)C(O)CC2(C)C12Cc1c(O)cc(C=O)c(C=O)c1O2. The average molecular weight is 402 g/mol. The van der Waals surface area contributed by atoms with E-state index in [1.165, 1.54) is 6.07 Å². The molecule has 2 aliphatic carbocycles. The van der Waals surface area contributed by atoms with Crippen molar-refractivity contribution in [3.8, 4) is 11.5 Å². The molecular formula is C23H30O6. The number of aromatic hydroxyl groups is 1. The van der Waals surface area contributed by atoms with E-state index in [9.17, 15) is 24.9 Å². The third-order valence-electron chi connectivity index (χ3n) is 8.48. The third-order valence-corrected chi connectivity index (χ3v) is 8.48. The molecule has 1 heterocycles. The molecule has 1 aliphatic heterocycles. The topological polar surface area (TPSA) is 104 Å². The normalized spacial score (nSPS) is 40.1. The summed E-state index contributed by atoms with van der Waals surface area (Å²) in [6, 6.07) is 1.33. The minimum Gasteiger partial charge on any atom is -0.508 e. The highest BCUT2D eigenvalue weighted by atomic mass is 16.5. The Morgan fingerprint density at radius 1 is 1.14 bits per heavy atom. The fourth-order valence-corrected chi connectivity index (χ4v) is 6.89. The molecule has 0 aromatic heterocycles. The van der Waals surface area contributed by atoms with Crippen LogP contribution < -0.4 is 4.74 Å². The molecule has 1 aromatic rings. The molecule has 1 aromatic carbocycles. The van der Waals surface area contributed by atoms with Gasteiger partial charge in [-0.05, 0) is 42.6 Å². The van der Waals surface area contributed by atoms with Gasteiger partial charge in [0.2, 0.25) is 0 Å². The predicted octanol–water partition coefficient (Wildman–Crippen LogP) is 2.90. The van der Waals surface area contributed by atoms with Crippen LogP contribution in [0, 0.1) is 22.7 Å². The molecule has 2 fully saturated rings. The zero-order chi connectivity index (χ0) is 21.4. The Hall–Kier alpha value is -1.92. The minimum absolute atomic E-state index is 0.0434. The van der Waals surface area contributed by atoms with E-state index < -0.39 is 28.6 Å². The molecule has 0 bridgehead atoms. The predicted molar refractivity (Wildman–Crippen MR) is 106 cm³/mol. The first kappa shape index (κ1) is 20.4. The van der Waals surface area contributed by atoms with E-state index in [-0.39, 0.29) is 34.5 Å². The maximum atomic E-state index is 11.8. The number of aliphatic hydroxyl groups excluding tert-OH is 2. The maximum absolute atomic E-state index is 11.8. The van der Waals surface area contributed by atoms with E-state index in [1.807, 2.05) is 13.8 Å². The van der Waals surface area contributed by atoms with Gasteiger partial charge in [-0.15, -0.1) is 0 Å². The molecule has 4 rings (SSSR count). The molecule has 3 aliphatic rings. The van der Waals surface area contributed by atoms with Gasteiger partial charge in [-0.2, -0.15) is 0 Å². The maximum Gasteiger partial charge on any atom is 0.154 e. The molecule has 0 saturated heterocycles. The van der Waals surface area contributed by atoms with Crippen LogP contribution in [0.3, 0.4) is 0 Å². The van der Waals surface area contributed by atoms with E-state index in [0.717, 1.165) is 12.8 Å². The minimum atomic E-state index is -0.884. The highest BCUT2D eigenvalue weighted by Gasteiger charge is 2.68. The highest BCUT2D eigenvalue weighted by molar-refractivity contribution is 5.95. The van der Waals surface area contributed by atoms with E-state index >= 15 is 0 Å². The second kappa shape index (κ2) is 6.29. The van der Waals surface area contributed by atoms with Crippen LogP contribution in [-0.4, -0.2) is 45.7 Å². The van der Waals surface area contributed by atoms with Gasteiger partial charge in [0.05, 0.1) is 17.8 Å².